The number of aromatic amines is 1. The Bertz CT molecular complexity index is 1180. The van der Waals surface area contributed by atoms with E-state index in [9.17, 15) is 27.6 Å². The number of allylic oxidation sites excluding steroid dienone is 1. The van der Waals surface area contributed by atoms with Crippen molar-refractivity contribution in [3.05, 3.63) is 68.4 Å². The molecule has 2 heterocycles. The van der Waals surface area contributed by atoms with Crippen molar-refractivity contribution >= 4 is 29.7 Å². The summed E-state index contributed by atoms with van der Waals surface area (Å²) in [7, 11) is 0. The van der Waals surface area contributed by atoms with Gasteiger partial charge in [0.2, 0.25) is 6.35 Å². The van der Waals surface area contributed by atoms with Crippen molar-refractivity contribution in [1.82, 2.24) is 9.55 Å². The number of alkyl halides is 3. The average Bonchev–Trinajstić information content (AvgIpc) is 3.07. The number of fused-ring (bicyclic) bond motifs is 1. The summed E-state index contributed by atoms with van der Waals surface area (Å²) in [4.78, 5) is 42.9. The number of ether oxygens (including phenoxy) is 1. The first kappa shape index (κ1) is 28.1. The van der Waals surface area contributed by atoms with Gasteiger partial charge < -0.3 is 20.3 Å². The first-order valence-electron chi connectivity index (χ1n) is 10.5. The Morgan fingerprint density at radius 1 is 1.17 bits per heavy atom. The summed E-state index contributed by atoms with van der Waals surface area (Å²) in [6.07, 6.45) is -4.14. The third-order valence-corrected chi connectivity index (χ3v) is 5.07. The van der Waals surface area contributed by atoms with Crippen LogP contribution in [-0.2, 0) is 11.3 Å². The van der Waals surface area contributed by atoms with Gasteiger partial charge >= 0.3 is 11.9 Å². The number of halogens is 4. The van der Waals surface area contributed by atoms with Crippen molar-refractivity contribution in [1.29, 1.82) is 0 Å². The van der Waals surface area contributed by atoms with E-state index < -0.39 is 42.6 Å². The molecule has 3 N–H and O–H groups in total. The molecule has 13 heteroatoms. The molecule has 0 amide bonds. The van der Waals surface area contributed by atoms with E-state index in [-0.39, 0.29) is 43.6 Å². The number of carbonyl (C=O) groups is 1. The Labute approximate surface area is 205 Å². The minimum atomic E-state index is -4.76. The van der Waals surface area contributed by atoms with Gasteiger partial charge in [-0.2, -0.15) is 13.2 Å². The number of Topliss-reactive ketones (excluding diaryl/α,β-unsaturated/α-hetero) is 1. The number of hydrogen-bond donors (Lipinski definition) is 2. The molecule has 1 aromatic heterocycles. The van der Waals surface area contributed by atoms with Gasteiger partial charge in [-0.1, -0.05) is 42.0 Å². The van der Waals surface area contributed by atoms with Crippen LogP contribution in [0, 0.1) is 0 Å². The molecule has 0 fully saturated rings. The van der Waals surface area contributed by atoms with Crippen molar-refractivity contribution in [2.24, 2.45) is 5.73 Å². The van der Waals surface area contributed by atoms with E-state index in [2.05, 4.69) is 0 Å². The molecular weight excluding hydrogens is 491 g/mol. The van der Waals surface area contributed by atoms with Crippen LogP contribution in [0.25, 0.3) is 0 Å². The summed E-state index contributed by atoms with van der Waals surface area (Å²) in [6.45, 7) is 1.74. The van der Waals surface area contributed by atoms with Crippen LogP contribution in [-0.4, -0.2) is 54.1 Å². The van der Waals surface area contributed by atoms with Crippen molar-refractivity contribution < 1.29 is 22.7 Å². The third kappa shape index (κ3) is 6.53. The normalized spacial score (nSPS) is 15.0. The molecule has 0 aliphatic carbocycles. The maximum atomic E-state index is 13.4. The van der Waals surface area contributed by atoms with Crippen LogP contribution in [0.1, 0.15) is 24.2 Å². The van der Waals surface area contributed by atoms with Crippen LogP contribution in [0.4, 0.5) is 24.7 Å². The zero-order valence-electron chi connectivity index (χ0n) is 19.2. The molecule has 35 heavy (non-hydrogen) atoms. The molecule has 0 bridgehead atoms. The second kappa shape index (κ2) is 11.6. The second-order valence-corrected chi connectivity index (χ2v) is 7.97. The number of rotatable bonds is 9. The first-order valence-corrected chi connectivity index (χ1v) is 10.5. The zero-order chi connectivity index (χ0) is 25.0. The van der Waals surface area contributed by atoms with Gasteiger partial charge in [0.1, 0.15) is 18.1 Å². The second-order valence-electron chi connectivity index (χ2n) is 7.97. The molecule has 0 saturated heterocycles. The molecule has 9 nitrogen and oxygen atoms in total. The number of ketones is 1. The quantitative estimate of drug-likeness (QED) is 0.387. The number of anilines is 2. The van der Waals surface area contributed by atoms with Crippen molar-refractivity contribution in [3.63, 3.8) is 0 Å². The van der Waals surface area contributed by atoms with E-state index in [0.29, 0.717) is 10.1 Å². The highest BCUT2D eigenvalue weighted by molar-refractivity contribution is 6.00. The predicted octanol–water partition coefficient (Wildman–Crippen LogP) is 2.26. The fourth-order valence-corrected chi connectivity index (χ4v) is 3.65. The zero-order valence-corrected chi connectivity index (χ0v) is 20.0. The van der Waals surface area contributed by atoms with E-state index in [4.69, 9.17) is 10.5 Å². The maximum absolute atomic E-state index is 13.4. The number of H-pyrrole nitrogens is 1. The van der Waals surface area contributed by atoms with Gasteiger partial charge in [0.05, 0.1) is 13.2 Å². The van der Waals surface area contributed by atoms with Gasteiger partial charge in [-0.25, -0.2) is 4.79 Å². The van der Waals surface area contributed by atoms with Gasteiger partial charge in [0, 0.05) is 18.7 Å². The minimum absolute atomic E-state index is 0. The predicted molar refractivity (Wildman–Crippen MR) is 128 cm³/mol. The smallest absolute Gasteiger partial charge is 0.339 e. The first-order chi connectivity index (χ1) is 16.0. The lowest BCUT2D eigenvalue weighted by Crippen LogP contribution is -2.49. The molecule has 2 aromatic rings. The Hall–Kier alpha value is -3.09. The van der Waals surface area contributed by atoms with Gasteiger partial charge in [-0.3, -0.25) is 19.1 Å². The summed E-state index contributed by atoms with van der Waals surface area (Å²) >= 11 is 0. The van der Waals surface area contributed by atoms with Crippen LogP contribution in [0.3, 0.4) is 0 Å². The Morgan fingerprint density at radius 3 is 2.40 bits per heavy atom. The van der Waals surface area contributed by atoms with E-state index in [0.717, 1.165) is 5.57 Å². The van der Waals surface area contributed by atoms with Crippen molar-refractivity contribution in [2.75, 3.05) is 36.0 Å². The number of aromatic nitrogens is 2. The van der Waals surface area contributed by atoms with Gasteiger partial charge in [0.25, 0.3) is 5.56 Å². The molecule has 1 unspecified atom stereocenters. The molecule has 1 aliphatic heterocycles. The highest BCUT2D eigenvalue weighted by Crippen LogP contribution is 2.37. The molecule has 0 saturated carbocycles. The lowest BCUT2D eigenvalue weighted by molar-refractivity contribution is -0.141. The summed E-state index contributed by atoms with van der Waals surface area (Å²) < 4.78 is 46.4. The van der Waals surface area contributed by atoms with Crippen LogP contribution in [0.5, 0.6) is 0 Å². The Balaban J connectivity index is 0.00000432. The summed E-state index contributed by atoms with van der Waals surface area (Å²) in [5.74, 6) is -0.761. The van der Waals surface area contributed by atoms with Crippen LogP contribution in [0.2, 0.25) is 0 Å². The molecule has 1 aromatic carbocycles. The molecule has 1 atom stereocenters. The monoisotopic (exact) mass is 517 g/mol. The lowest BCUT2D eigenvalue weighted by Gasteiger charge is -2.31. The number of carbonyl (C=O) groups excluding carboxylic acids is 1. The molecule has 0 radical (unpaired) electrons. The fourth-order valence-electron chi connectivity index (χ4n) is 3.65. The van der Waals surface area contributed by atoms with E-state index in [1.807, 2.05) is 18.8 Å². The van der Waals surface area contributed by atoms with Crippen molar-refractivity contribution in [3.8, 4) is 0 Å². The summed E-state index contributed by atoms with van der Waals surface area (Å²) in [6, 6.07) is 8.15. The largest absolute Gasteiger partial charge is 0.406 e. The Morgan fingerprint density at radius 2 is 1.83 bits per heavy atom. The van der Waals surface area contributed by atoms with Crippen LogP contribution < -0.4 is 26.8 Å². The van der Waals surface area contributed by atoms with Crippen LogP contribution in [0.15, 0.2) is 51.6 Å². The molecule has 1 aliphatic rings. The molecular formula is C22H27ClF3N5O4. The molecule has 0 spiro atoms. The molecule has 3 rings (SSSR count). The maximum Gasteiger partial charge on any atom is 0.406 e. The molecule has 192 valence electrons. The van der Waals surface area contributed by atoms with Gasteiger partial charge in [-0.15, -0.1) is 12.4 Å². The van der Waals surface area contributed by atoms with Gasteiger partial charge in [-0.05, 0) is 13.8 Å². The average molecular weight is 518 g/mol. The van der Waals surface area contributed by atoms with E-state index in [1.165, 1.54) is 9.80 Å². The highest BCUT2D eigenvalue weighted by atomic mass is 35.5. The lowest BCUT2D eigenvalue weighted by atomic mass is 10.1. The fraction of sp³-hybridized carbons (Fsp3) is 0.409. The third-order valence-electron chi connectivity index (χ3n) is 5.07. The number of hydrogen-bond acceptors (Lipinski definition) is 7. The van der Waals surface area contributed by atoms with E-state index >= 15 is 0 Å². The number of benzene rings is 1. The van der Waals surface area contributed by atoms with Crippen molar-refractivity contribution in [2.45, 2.75) is 32.9 Å². The SMILES string of the molecule is CC(C)=CCN1c2c(n(CC(F)(F)F)c(=O)[nH]c2=O)N(CC(=O)c2ccccc2)C1OCCN.Cl. The topological polar surface area (TPSA) is 114 Å². The Kier molecular flexibility index (Phi) is 9.30. The van der Waals surface area contributed by atoms with Gasteiger partial charge in [0.15, 0.2) is 5.78 Å². The standard InChI is InChI=1S/C22H26F3N5O4.ClH/c1-14(2)8-10-28-17-18(32)27-20(33)30(13-22(23,24)25)19(17)29(21(28)34-11-9-26)12-16(31)15-6-4-3-5-7-15;/h3-8,21H,9-13,26H2,1-2H3,(H,27,32,33);1H. The summed E-state index contributed by atoms with van der Waals surface area (Å²) in [5, 5.41) is 0. The number of nitrogens with zero attached hydrogens (tertiary/aromatic N) is 3. The number of nitrogens with two attached hydrogens (primary N) is 1. The minimum Gasteiger partial charge on any atom is -0.339 e. The van der Waals surface area contributed by atoms with E-state index in [1.54, 1.807) is 36.4 Å². The summed E-state index contributed by atoms with van der Waals surface area (Å²) in [5.41, 5.74) is 4.47. The number of nitrogens with one attached hydrogen (secondary N) is 1. The van der Waals surface area contributed by atoms with Crippen LogP contribution >= 0.6 is 12.4 Å². The highest BCUT2D eigenvalue weighted by Gasteiger charge is 2.43.